The number of nitrogens with zero attached hydrogens (tertiary/aromatic N) is 2. The van der Waals surface area contributed by atoms with Crippen LogP contribution in [0.1, 0.15) is 33.1 Å². The number of benzene rings is 2. The minimum Gasteiger partial charge on any atom is -0.387 e. The molecule has 1 unspecified atom stereocenters. The van der Waals surface area contributed by atoms with Crippen molar-refractivity contribution in [1.82, 2.24) is 10.3 Å². The predicted octanol–water partition coefficient (Wildman–Crippen LogP) is 2.48. The number of hydrogen-bond acceptors (Lipinski definition) is 4. The number of aromatic nitrogens is 1. The Morgan fingerprint density at radius 3 is 2.62 bits per heavy atom. The summed E-state index contributed by atoms with van der Waals surface area (Å²) in [4.78, 5) is 30.5. The summed E-state index contributed by atoms with van der Waals surface area (Å²) >= 11 is 0. The summed E-state index contributed by atoms with van der Waals surface area (Å²) in [6.45, 7) is 0.0404. The van der Waals surface area contributed by atoms with Crippen molar-refractivity contribution in [3.8, 4) is 0 Å². The molecule has 1 atom stereocenters. The van der Waals surface area contributed by atoms with Gasteiger partial charge in [-0.15, -0.1) is 0 Å². The molecule has 2 aromatic carbocycles. The Bertz CT molecular complexity index is 1020. The molecule has 0 radical (unpaired) electrons. The number of aliphatic hydroxyl groups is 1. The van der Waals surface area contributed by atoms with Gasteiger partial charge in [-0.3, -0.25) is 14.6 Å². The molecule has 0 spiro atoms. The molecule has 29 heavy (non-hydrogen) atoms. The molecule has 0 aliphatic carbocycles. The number of hydrogen-bond donors (Lipinski definition) is 2. The van der Waals surface area contributed by atoms with Crippen molar-refractivity contribution < 1.29 is 14.7 Å². The first kappa shape index (κ1) is 18.8. The van der Waals surface area contributed by atoms with E-state index in [0.29, 0.717) is 18.5 Å². The van der Waals surface area contributed by atoms with Gasteiger partial charge in [0.15, 0.2) is 0 Å². The zero-order valence-electron chi connectivity index (χ0n) is 15.8. The third-order valence-corrected chi connectivity index (χ3v) is 5.10. The average molecular weight is 387 g/mol. The molecule has 4 rings (SSSR count). The number of carbonyl (C=O) groups excluding carboxylic acids is 2. The van der Waals surface area contributed by atoms with Crippen LogP contribution in [0.3, 0.4) is 0 Å². The lowest BCUT2D eigenvalue weighted by molar-refractivity contribution is -0.121. The molecule has 1 aromatic heterocycles. The molecule has 6 nitrogen and oxygen atoms in total. The van der Waals surface area contributed by atoms with E-state index in [1.54, 1.807) is 29.4 Å². The van der Waals surface area contributed by atoms with Gasteiger partial charge in [0, 0.05) is 30.2 Å². The molecule has 1 aliphatic rings. The van der Waals surface area contributed by atoms with Gasteiger partial charge in [0.25, 0.3) is 11.8 Å². The van der Waals surface area contributed by atoms with E-state index in [9.17, 15) is 14.7 Å². The Balaban J connectivity index is 1.67. The largest absolute Gasteiger partial charge is 0.387 e. The van der Waals surface area contributed by atoms with Crippen molar-refractivity contribution in [3.05, 3.63) is 95.3 Å². The Kier molecular flexibility index (Phi) is 5.35. The van der Waals surface area contributed by atoms with Crippen LogP contribution in [0, 0.1) is 0 Å². The molecule has 0 fully saturated rings. The molecule has 0 bridgehead atoms. The van der Waals surface area contributed by atoms with Crippen molar-refractivity contribution >= 4 is 17.5 Å². The molecular formula is C23H21N3O3. The lowest BCUT2D eigenvalue weighted by Crippen LogP contribution is -2.31. The minimum absolute atomic E-state index is 0.169. The maximum atomic E-state index is 12.8. The fourth-order valence-electron chi connectivity index (χ4n) is 3.66. The Morgan fingerprint density at radius 1 is 1.07 bits per heavy atom. The first-order valence-corrected chi connectivity index (χ1v) is 9.47. The van der Waals surface area contributed by atoms with E-state index in [4.69, 9.17) is 0 Å². The van der Waals surface area contributed by atoms with Gasteiger partial charge in [0.05, 0.1) is 6.04 Å². The molecule has 146 valence electrons. The third-order valence-electron chi connectivity index (χ3n) is 5.10. The van der Waals surface area contributed by atoms with Crippen LogP contribution in [0.15, 0.2) is 73.1 Å². The van der Waals surface area contributed by atoms with E-state index in [1.165, 1.54) is 0 Å². The molecule has 6 heteroatoms. The van der Waals surface area contributed by atoms with Crippen LogP contribution in [0.2, 0.25) is 0 Å². The van der Waals surface area contributed by atoms with Gasteiger partial charge in [-0.1, -0.05) is 36.4 Å². The monoisotopic (exact) mass is 387 g/mol. The molecule has 2 amide bonds. The normalized spacial score (nSPS) is 13.6. The van der Waals surface area contributed by atoms with Crippen molar-refractivity contribution in [3.63, 3.8) is 0 Å². The van der Waals surface area contributed by atoms with Gasteiger partial charge in [-0.25, -0.2) is 0 Å². The lowest BCUT2D eigenvalue weighted by atomic mass is 9.97. The van der Waals surface area contributed by atoms with Crippen LogP contribution in [-0.4, -0.2) is 35.1 Å². The van der Waals surface area contributed by atoms with Crippen molar-refractivity contribution in [2.45, 2.75) is 12.5 Å². The first-order valence-electron chi connectivity index (χ1n) is 9.47. The quantitative estimate of drug-likeness (QED) is 0.705. The van der Waals surface area contributed by atoms with Gasteiger partial charge >= 0.3 is 0 Å². The molecule has 2 heterocycles. The van der Waals surface area contributed by atoms with Crippen LogP contribution in [-0.2, 0) is 11.2 Å². The van der Waals surface area contributed by atoms with Crippen LogP contribution in [0.4, 0.5) is 5.69 Å². The molecular weight excluding hydrogens is 366 g/mol. The minimum atomic E-state index is -0.507. The summed E-state index contributed by atoms with van der Waals surface area (Å²) < 4.78 is 0. The summed E-state index contributed by atoms with van der Waals surface area (Å²) in [6, 6.07) is 18.3. The number of anilines is 1. The second-order valence-electron chi connectivity index (χ2n) is 6.90. The summed E-state index contributed by atoms with van der Waals surface area (Å²) in [6.07, 6.45) is 4.15. The van der Waals surface area contributed by atoms with E-state index in [-0.39, 0.29) is 17.9 Å². The molecule has 0 saturated heterocycles. The smallest absolute Gasteiger partial charge is 0.252 e. The van der Waals surface area contributed by atoms with Crippen molar-refractivity contribution in [2.75, 3.05) is 18.1 Å². The second kappa shape index (κ2) is 8.24. The van der Waals surface area contributed by atoms with E-state index >= 15 is 0 Å². The fraction of sp³-hybridized carbons (Fsp3) is 0.174. The standard InChI is InChI=1S/C23H21N3O3/c27-15-21(28)26-12-10-17-13-18(8-9-20(17)26)22(19-7-4-11-24-14-19)25-23(29)16-5-2-1-3-6-16/h1-9,11,13-14,22,27H,10,12,15H2,(H,25,29). The highest BCUT2D eigenvalue weighted by Crippen LogP contribution is 2.32. The number of aliphatic hydroxyl groups excluding tert-OH is 1. The van der Waals surface area contributed by atoms with Crippen LogP contribution in [0.25, 0.3) is 0 Å². The maximum Gasteiger partial charge on any atom is 0.252 e. The van der Waals surface area contributed by atoms with Gasteiger partial charge in [-0.2, -0.15) is 0 Å². The second-order valence-corrected chi connectivity index (χ2v) is 6.90. The number of carbonyl (C=O) groups is 2. The summed E-state index contributed by atoms with van der Waals surface area (Å²) in [5.74, 6) is -0.477. The highest BCUT2D eigenvalue weighted by molar-refractivity contribution is 5.96. The highest BCUT2D eigenvalue weighted by atomic mass is 16.3. The zero-order valence-corrected chi connectivity index (χ0v) is 15.8. The topological polar surface area (TPSA) is 82.5 Å². The van der Waals surface area contributed by atoms with E-state index < -0.39 is 6.61 Å². The van der Waals surface area contributed by atoms with Crippen LogP contribution in [0.5, 0.6) is 0 Å². The number of pyridine rings is 1. The Morgan fingerprint density at radius 2 is 1.90 bits per heavy atom. The zero-order chi connectivity index (χ0) is 20.2. The molecule has 2 N–H and O–H groups in total. The molecule has 0 saturated carbocycles. The van der Waals surface area contributed by atoms with E-state index in [1.807, 2.05) is 48.5 Å². The van der Waals surface area contributed by atoms with E-state index in [2.05, 4.69) is 10.3 Å². The predicted molar refractivity (Wildman–Crippen MR) is 110 cm³/mol. The Labute approximate surface area is 168 Å². The van der Waals surface area contributed by atoms with Crippen molar-refractivity contribution in [1.29, 1.82) is 0 Å². The summed E-state index contributed by atoms with van der Waals surface area (Å²) in [5.41, 5.74) is 4.21. The number of nitrogens with one attached hydrogen (secondary N) is 1. The fourth-order valence-corrected chi connectivity index (χ4v) is 3.66. The highest BCUT2D eigenvalue weighted by Gasteiger charge is 2.26. The van der Waals surface area contributed by atoms with Gasteiger partial charge in [0.2, 0.25) is 0 Å². The van der Waals surface area contributed by atoms with Crippen molar-refractivity contribution in [2.24, 2.45) is 0 Å². The van der Waals surface area contributed by atoms with Gasteiger partial charge in [-0.05, 0) is 47.4 Å². The Hall–Kier alpha value is -3.51. The molecule has 1 aliphatic heterocycles. The van der Waals surface area contributed by atoms with E-state index in [0.717, 1.165) is 22.4 Å². The van der Waals surface area contributed by atoms with Crippen LogP contribution < -0.4 is 10.2 Å². The molecule has 3 aromatic rings. The number of rotatable bonds is 5. The number of amides is 2. The van der Waals surface area contributed by atoms with Crippen LogP contribution >= 0.6 is 0 Å². The SMILES string of the molecule is O=C(NC(c1cccnc1)c1ccc2c(c1)CCN2C(=O)CO)c1ccccc1. The maximum absolute atomic E-state index is 12.8. The summed E-state index contributed by atoms with van der Waals surface area (Å²) in [5, 5.41) is 12.3. The lowest BCUT2D eigenvalue weighted by Gasteiger charge is -2.21. The average Bonchev–Trinajstić information content (AvgIpc) is 3.21. The summed E-state index contributed by atoms with van der Waals surface area (Å²) in [7, 11) is 0. The van der Waals surface area contributed by atoms with Gasteiger partial charge in [0.1, 0.15) is 6.61 Å². The third kappa shape index (κ3) is 3.88. The number of fused-ring (bicyclic) bond motifs is 1. The first-order chi connectivity index (χ1) is 14.2. The van der Waals surface area contributed by atoms with Gasteiger partial charge < -0.3 is 15.3 Å².